The molecule has 2 heterocycles. The fraction of sp³-hybridized carbons (Fsp3) is 0.833. The van der Waals surface area contributed by atoms with Gasteiger partial charge in [-0.3, -0.25) is 15.2 Å². The fourth-order valence-corrected chi connectivity index (χ4v) is 1.38. The lowest BCUT2D eigenvalue weighted by Gasteiger charge is -2.22. The molecular formula is C6H11N3. The van der Waals surface area contributed by atoms with Crippen molar-refractivity contribution in [2.24, 2.45) is 4.99 Å². The summed E-state index contributed by atoms with van der Waals surface area (Å²) in [6, 6.07) is 0. The average Bonchev–Trinajstić information content (AvgIpc) is 2.33. The molecule has 0 aromatic heterocycles. The van der Waals surface area contributed by atoms with E-state index in [1.165, 1.54) is 6.54 Å². The van der Waals surface area contributed by atoms with Crippen LogP contribution in [-0.4, -0.2) is 43.5 Å². The number of nitrogens with one attached hydrogen (secondary N) is 1. The standard InChI is InChI=1S/C6H11N3/c1-3-9-4-2-8-6(9)5-7-1/h5-6,8H,1-4H2. The number of rotatable bonds is 0. The third kappa shape index (κ3) is 0.862. The van der Waals surface area contributed by atoms with Crippen LogP contribution in [0.3, 0.4) is 0 Å². The van der Waals surface area contributed by atoms with Crippen molar-refractivity contribution in [3.63, 3.8) is 0 Å². The Morgan fingerprint density at radius 1 is 1.56 bits per heavy atom. The van der Waals surface area contributed by atoms with E-state index < -0.39 is 0 Å². The van der Waals surface area contributed by atoms with Gasteiger partial charge in [0.05, 0.1) is 12.7 Å². The SMILES string of the molecule is C1=NCCN2CCNC12. The van der Waals surface area contributed by atoms with Gasteiger partial charge in [0.1, 0.15) is 0 Å². The van der Waals surface area contributed by atoms with Crippen molar-refractivity contribution in [1.82, 2.24) is 10.2 Å². The minimum atomic E-state index is 0.457. The van der Waals surface area contributed by atoms with E-state index in [-0.39, 0.29) is 0 Å². The van der Waals surface area contributed by atoms with Crippen LogP contribution >= 0.6 is 0 Å². The van der Waals surface area contributed by atoms with Gasteiger partial charge in [-0.25, -0.2) is 0 Å². The molecule has 0 aromatic rings. The van der Waals surface area contributed by atoms with E-state index in [1.54, 1.807) is 0 Å². The topological polar surface area (TPSA) is 27.6 Å². The van der Waals surface area contributed by atoms with Crippen LogP contribution in [0.1, 0.15) is 0 Å². The average molecular weight is 125 g/mol. The number of hydrogen-bond acceptors (Lipinski definition) is 3. The monoisotopic (exact) mass is 125 g/mol. The number of hydrogen-bond donors (Lipinski definition) is 1. The lowest BCUT2D eigenvalue weighted by molar-refractivity contribution is 0.296. The first-order valence-electron chi connectivity index (χ1n) is 3.44. The maximum absolute atomic E-state index is 4.19. The van der Waals surface area contributed by atoms with Gasteiger partial charge in [-0.1, -0.05) is 0 Å². The maximum atomic E-state index is 4.19. The molecule has 1 atom stereocenters. The molecule has 3 nitrogen and oxygen atoms in total. The Balaban J connectivity index is 2.10. The molecule has 1 saturated heterocycles. The molecule has 2 aliphatic rings. The highest BCUT2D eigenvalue weighted by atomic mass is 15.3. The minimum absolute atomic E-state index is 0.457. The molecule has 0 aliphatic carbocycles. The van der Waals surface area contributed by atoms with Crippen LogP contribution in [0.2, 0.25) is 0 Å². The van der Waals surface area contributed by atoms with Crippen LogP contribution < -0.4 is 5.32 Å². The van der Waals surface area contributed by atoms with Crippen molar-refractivity contribution >= 4 is 6.21 Å². The van der Waals surface area contributed by atoms with E-state index >= 15 is 0 Å². The molecule has 0 bridgehead atoms. The largest absolute Gasteiger partial charge is 0.296 e. The zero-order valence-electron chi connectivity index (χ0n) is 5.38. The lowest BCUT2D eigenvalue weighted by atomic mass is 10.4. The van der Waals surface area contributed by atoms with Crippen molar-refractivity contribution in [2.45, 2.75) is 6.17 Å². The number of nitrogens with zero attached hydrogens (tertiary/aromatic N) is 2. The zero-order valence-corrected chi connectivity index (χ0v) is 5.38. The molecule has 0 saturated carbocycles. The molecule has 50 valence electrons. The van der Waals surface area contributed by atoms with Crippen LogP contribution in [0.15, 0.2) is 4.99 Å². The van der Waals surface area contributed by atoms with Gasteiger partial charge in [0.2, 0.25) is 0 Å². The van der Waals surface area contributed by atoms with E-state index in [0.717, 1.165) is 19.6 Å². The summed E-state index contributed by atoms with van der Waals surface area (Å²) in [7, 11) is 0. The van der Waals surface area contributed by atoms with Crippen molar-refractivity contribution < 1.29 is 0 Å². The van der Waals surface area contributed by atoms with Gasteiger partial charge in [-0.15, -0.1) is 0 Å². The Labute approximate surface area is 54.8 Å². The summed E-state index contributed by atoms with van der Waals surface area (Å²) in [4.78, 5) is 6.60. The van der Waals surface area contributed by atoms with Gasteiger partial charge in [0.15, 0.2) is 0 Å². The Bertz CT molecular complexity index is 132. The Morgan fingerprint density at radius 2 is 2.56 bits per heavy atom. The van der Waals surface area contributed by atoms with E-state index in [1.807, 2.05) is 6.21 Å². The van der Waals surface area contributed by atoms with Gasteiger partial charge in [-0.05, 0) is 0 Å². The molecule has 1 unspecified atom stereocenters. The summed E-state index contributed by atoms with van der Waals surface area (Å²) in [5.74, 6) is 0. The molecule has 2 rings (SSSR count). The normalized spacial score (nSPS) is 34.9. The summed E-state index contributed by atoms with van der Waals surface area (Å²) in [6.07, 6.45) is 2.47. The highest BCUT2D eigenvalue weighted by Crippen LogP contribution is 2.03. The summed E-state index contributed by atoms with van der Waals surface area (Å²) in [5, 5.41) is 3.34. The molecule has 0 radical (unpaired) electrons. The fourth-order valence-electron chi connectivity index (χ4n) is 1.38. The highest BCUT2D eigenvalue weighted by Gasteiger charge is 2.23. The first-order valence-corrected chi connectivity index (χ1v) is 3.44. The molecule has 3 heteroatoms. The van der Waals surface area contributed by atoms with Gasteiger partial charge in [0, 0.05) is 25.8 Å². The second-order valence-corrected chi connectivity index (χ2v) is 2.49. The number of aliphatic imine (C=N–C) groups is 1. The molecule has 1 N–H and O–H groups in total. The minimum Gasteiger partial charge on any atom is -0.296 e. The first kappa shape index (κ1) is 5.38. The van der Waals surface area contributed by atoms with Crippen LogP contribution in [-0.2, 0) is 0 Å². The quantitative estimate of drug-likeness (QED) is 0.463. The molecule has 2 aliphatic heterocycles. The molecule has 0 spiro atoms. The van der Waals surface area contributed by atoms with Crippen LogP contribution in [0.25, 0.3) is 0 Å². The smallest absolute Gasteiger partial charge is 0.0962 e. The first-order chi connectivity index (χ1) is 4.47. The molecule has 0 amide bonds. The van der Waals surface area contributed by atoms with Crippen molar-refractivity contribution in [3.8, 4) is 0 Å². The van der Waals surface area contributed by atoms with E-state index in [9.17, 15) is 0 Å². The van der Waals surface area contributed by atoms with E-state index in [2.05, 4.69) is 15.2 Å². The Kier molecular flexibility index (Phi) is 1.24. The van der Waals surface area contributed by atoms with Crippen molar-refractivity contribution in [2.75, 3.05) is 26.2 Å². The van der Waals surface area contributed by atoms with E-state index in [0.29, 0.717) is 6.17 Å². The molecule has 1 fully saturated rings. The predicted octanol–water partition coefficient (Wildman–Crippen LogP) is -0.698. The van der Waals surface area contributed by atoms with Crippen LogP contribution in [0.5, 0.6) is 0 Å². The summed E-state index contributed by atoms with van der Waals surface area (Å²) in [5.41, 5.74) is 0. The van der Waals surface area contributed by atoms with Gasteiger partial charge < -0.3 is 0 Å². The van der Waals surface area contributed by atoms with Gasteiger partial charge in [-0.2, -0.15) is 0 Å². The summed E-state index contributed by atoms with van der Waals surface area (Å²) >= 11 is 0. The second-order valence-electron chi connectivity index (χ2n) is 2.49. The summed E-state index contributed by atoms with van der Waals surface area (Å²) in [6.45, 7) is 4.43. The summed E-state index contributed by atoms with van der Waals surface area (Å²) < 4.78 is 0. The maximum Gasteiger partial charge on any atom is 0.0962 e. The molecule has 0 aromatic carbocycles. The Morgan fingerprint density at radius 3 is 3.44 bits per heavy atom. The van der Waals surface area contributed by atoms with Crippen molar-refractivity contribution in [3.05, 3.63) is 0 Å². The third-order valence-electron chi connectivity index (χ3n) is 1.91. The van der Waals surface area contributed by atoms with Gasteiger partial charge in [0.25, 0.3) is 0 Å². The molecule has 9 heavy (non-hydrogen) atoms. The third-order valence-corrected chi connectivity index (χ3v) is 1.91. The molecular weight excluding hydrogens is 114 g/mol. The zero-order chi connectivity index (χ0) is 6.10. The lowest BCUT2D eigenvalue weighted by Crippen LogP contribution is -2.41. The van der Waals surface area contributed by atoms with Gasteiger partial charge >= 0.3 is 0 Å². The van der Waals surface area contributed by atoms with Crippen LogP contribution in [0, 0.1) is 0 Å². The van der Waals surface area contributed by atoms with E-state index in [4.69, 9.17) is 0 Å². The predicted molar refractivity (Wildman–Crippen MR) is 36.7 cm³/mol. The second kappa shape index (κ2) is 2.08. The van der Waals surface area contributed by atoms with Crippen molar-refractivity contribution in [1.29, 1.82) is 0 Å². The van der Waals surface area contributed by atoms with Crippen LogP contribution in [0.4, 0.5) is 0 Å². The highest BCUT2D eigenvalue weighted by molar-refractivity contribution is 5.65. The Hall–Kier alpha value is -0.410. The number of fused-ring (bicyclic) bond motifs is 1.